The predicted molar refractivity (Wildman–Crippen MR) is 109 cm³/mol. The van der Waals surface area contributed by atoms with Gasteiger partial charge in [-0.2, -0.15) is 0 Å². The van der Waals surface area contributed by atoms with E-state index in [9.17, 15) is 4.79 Å². The van der Waals surface area contributed by atoms with Crippen LogP contribution in [0.25, 0.3) is 17.0 Å². The molecule has 0 unspecified atom stereocenters. The van der Waals surface area contributed by atoms with Crippen LogP contribution in [0.15, 0.2) is 70.9 Å². The zero-order valence-corrected chi connectivity index (χ0v) is 15.8. The topological polar surface area (TPSA) is 68.9 Å². The Morgan fingerprint density at radius 2 is 1.89 bits per heavy atom. The Kier molecular flexibility index (Phi) is 6.17. The third kappa shape index (κ3) is 4.82. The van der Waals surface area contributed by atoms with E-state index in [4.69, 9.17) is 19.0 Å². The standard InChI is InChI=1S/C23H22O5/c1-16(2)10-12-27-23-21-19(11-13-26-21)14-18(8-9-20(24)25)22(23)28-15-17-6-4-3-5-7-17/h3-11,13-14H,12,15H2,1-2H3,(H,24,25)/b9-8+. The van der Waals surface area contributed by atoms with Crippen LogP contribution in [0.5, 0.6) is 11.5 Å². The van der Waals surface area contributed by atoms with Gasteiger partial charge in [-0.3, -0.25) is 0 Å². The Bertz CT molecular complexity index is 1010. The summed E-state index contributed by atoms with van der Waals surface area (Å²) in [7, 11) is 0. The van der Waals surface area contributed by atoms with Gasteiger partial charge in [-0.25, -0.2) is 4.79 Å². The first-order chi connectivity index (χ1) is 13.5. The summed E-state index contributed by atoms with van der Waals surface area (Å²) in [4.78, 5) is 11.0. The monoisotopic (exact) mass is 378 g/mol. The van der Waals surface area contributed by atoms with Gasteiger partial charge in [0.25, 0.3) is 0 Å². The number of allylic oxidation sites excluding steroid dienone is 1. The molecule has 1 heterocycles. The number of hydrogen-bond donors (Lipinski definition) is 1. The molecule has 0 saturated heterocycles. The Balaban J connectivity index is 2.04. The predicted octanol–water partition coefficient (Wildman–Crippen LogP) is 5.45. The Hall–Kier alpha value is -3.47. The van der Waals surface area contributed by atoms with Crippen molar-refractivity contribution in [2.75, 3.05) is 6.61 Å². The fourth-order valence-electron chi connectivity index (χ4n) is 2.67. The highest BCUT2D eigenvalue weighted by molar-refractivity contribution is 5.92. The normalized spacial score (nSPS) is 10.9. The average molecular weight is 378 g/mol. The number of aliphatic carboxylic acids is 1. The smallest absolute Gasteiger partial charge is 0.328 e. The van der Waals surface area contributed by atoms with Crippen molar-refractivity contribution < 1.29 is 23.8 Å². The van der Waals surface area contributed by atoms with Crippen molar-refractivity contribution >= 4 is 23.0 Å². The van der Waals surface area contributed by atoms with E-state index in [0.29, 0.717) is 35.9 Å². The molecule has 28 heavy (non-hydrogen) atoms. The van der Waals surface area contributed by atoms with E-state index in [1.807, 2.05) is 62.4 Å². The van der Waals surface area contributed by atoms with Gasteiger partial charge in [0, 0.05) is 17.0 Å². The van der Waals surface area contributed by atoms with Crippen LogP contribution in [-0.4, -0.2) is 17.7 Å². The van der Waals surface area contributed by atoms with Crippen LogP contribution in [0.3, 0.4) is 0 Å². The zero-order valence-electron chi connectivity index (χ0n) is 15.8. The van der Waals surface area contributed by atoms with Gasteiger partial charge in [-0.15, -0.1) is 0 Å². The number of hydrogen-bond acceptors (Lipinski definition) is 4. The van der Waals surface area contributed by atoms with Crippen molar-refractivity contribution in [1.29, 1.82) is 0 Å². The fraction of sp³-hybridized carbons (Fsp3) is 0.174. The van der Waals surface area contributed by atoms with Gasteiger partial charge in [0.05, 0.1) is 6.26 Å². The number of carboxylic acids is 1. The number of carbonyl (C=O) groups is 1. The number of furan rings is 1. The number of ether oxygens (including phenoxy) is 2. The molecule has 0 bridgehead atoms. The summed E-state index contributed by atoms with van der Waals surface area (Å²) >= 11 is 0. The van der Waals surface area contributed by atoms with Gasteiger partial charge in [0.15, 0.2) is 11.3 Å². The maximum Gasteiger partial charge on any atom is 0.328 e. The van der Waals surface area contributed by atoms with Gasteiger partial charge in [0.1, 0.15) is 13.2 Å². The Labute approximate surface area is 163 Å². The first kappa shape index (κ1) is 19.3. The van der Waals surface area contributed by atoms with Crippen LogP contribution in [0.4, 0.5) is 0 Å². The maximum absolute atomic E-state index is 11.0. The van der Waals surface area contributed by atoms with Gasteiger partial charge in [-0.05, 0) is 43.7 Å². The molecular weight excluding hydrogens is 356 g/mol. The molecule has 3 aromatic rings. The van der Waals surface area contributed by atoms with E-state index >= 15 is 0 Å². The molecule has 0 atom stereocenters. The second-order valence-corrected chi connectivity index (χ2v) is 6.50. The summed E-state index contributed by atoms with van der Waals surface area (Å²) < 4.78 is 17.7. The molecule has 5 heteroatoms. The molecule has 0 aliphatic carbocycles. The molecule has 0 spiro atoms. The van der Waals surface area contributed by atoms with Gasteiger partial charge in [0.2, 0.25) is 5.75 Å². The SMILES string of the molecule is CC(C)=CCOc1c(OCc2ccccc2)c(/C=C/C(=O)O)cc2ccoc12. The largest absolute Gasteiger partial charge is 0.484 e. The van der Waals surface area contributed by atoms with Crippen molar-refractivity contribution in [2.24, 2.45) is 0 Å². The zero-order chi connectivity index (χ0) is 19.9. The summed E-state index contributed by atoms with van der Waals surface area (Å²) in [5, 5.41) is 9.84. The van der Waals surface area contributed by atoms with Crippen molar-refractivity contribution in [2.45, 2.75) is 20.5 Å². The van der Waals surface area contributed by atoms with Crippen LogP contribution >= 0.6 is 0 Å². The lowest BCUT2D eigenvalue weighted by Crippen LogP contribution is -2.03. The van der Waals surface area contributed by atoms with E-state index in [1.54, 1.807) is 6.26 Å². The molecule has 2 aromatic carbocycles. The number of carboxylic acid groups (broad SMARTS) is 1. The van der Waals surface area contributed by atoms with E-state index in [2.05, 4.69) is 0 Å². The van der Waals surface area contributed by atoms with Crippen molar-refractivity contribution in [3.05, 3.63) is 77.6 Å². The van der Waals surface area contributed by atoms with Crippen molar-refractivity contribution in [1.82, 2.24) is 0 Å². The highest BCUT2D eigenvalue weighted by Gasteiger charge is 2.18. The molecular formula is C23H22O5. The van der Waals surface area contributed by atoms with Crippen molar-refractivity contribution in [3.63, 3.8) is 0 Å². The van der Waals surface area contributed by atoms with E-state index < -0.39 is 5.97 Å². The molecule has 1 aromatic heterocycles. The molecule has 0 aliphatic rings. The minimum absolute atomic E-state index is 0.319. The number of rotatable bonds is 8. The first-order valence-corrected chi connectivity index (χ1v) is 8.92. The lowest BCUT2D eigenvalue weighted by Gasteiger charge is -2.15. The summed E-state index contributed by atoms with van der Waals surface area (Å²) in [6, 6.07) is 13.4. The second-order valence-electron chi connectivity index (χ2n) is 6.50. The molecule has 0 radical (unpaired) electrons. The highest BCUT2D eigenvalue weighted by Crippen LogP contribution is 2.41. The van der Waals surface area contributed by atoms with E-state index in [-0.39, 0.29) is 0 Å². The molecule has 144 valence electrons. The Morgan fingerprint density at radius 1 is 1.11 bits per heavy atom. The van der Waals surface area contributed by atoms with Crippen LogP contribution in [0.2, 0.25) is 0 Å². The molecule has 3 rings (SSSR count). The molecule has 0 saturated carbocycles. The number of benzene rings is 2. The molecule has 0 fully saturated rings. The van der Waals surface area contributed by atoms with Crippen LogP contribution in [-0.2, 0) is 11.4 Å². The number of fused-ring (bicyclic) bond motifs is 1. The summed E-state index contributed by atoms with van der Waals surface area (Å²) in [5.41, 5.74) is 3.30. The molecule has 1 N–H and O–H groups in total. The van der Waals surface area contributed by atoms with Crippen molar-refractivity contribution in [3.8, 4) is 11.5 Å². The average Bonchev–Trinajstić information content (AvgIpc) is 3.14. The molecule has 0 amide bonds. The quantitative estimate of drug-likeness (QED) is 0.417. The lowest BCUT2D eigenvalue weighted by molar-refractivity contribution is -0.131. The summed E-state index contributed by atoms with van der Waals surface area (Å²) in [6.45, 7) is 4.65. The highest BCUT2D eigenvalue weighted by atomic mass is 16.5. The minimum atomic E-state index is -1.03. The molecule has 0 aliphatic heterocycles. The third-order valence-electron chi connectivity index (χ3n) is 4.03. The van der Waals surface area contributed by atoms with Gasteiger partial charge < -0.3 is 19.0 Å². The van der Waals surface area contributed by atoms with Gasteiger partial charge >= 0.3 is 5.97 Å². The fourth-order valence-corrected chi connectivity index (χ4v) is 2.67. The first-order valence-electron chi connectivity index (χ1n) is 8.92. The Morgan fingerprint density at radius 3 is 2.61 bits per heavy atom. The second kappa shape index (κ2) is 8.95. The summed E-state index contributed by atoms with van der Waals surface area (Å²) in [5.74, 6) is -0.125. The lowest BCUT2D eigenvalue weighted by atomic mass is 10.1. The molecule has 5 nitrogen and oxygen atoms in total. The third-order valence-corrected chi connectivity index (χ3v) is 4.03. The van der Waals surface area contributed by atoms with Crippen LogP contribution in [0, 0.1) is 0 Å². The minimum Gasteiger partial charge on any atom is -0.484 e. The van der Waals surface area contributed by atoms with E-state index in [0.717, 1.165) is 22.6 Å². The van der Waals surface area contributed by atoms with Gasteiger partial charge in [-0.1, -0.05) is 35.9 Å². The van der Waals surface area contributed by atoms with Crippen LogP contribution < -0.4 is 9.47 Å². The maximum atomic E-state index is 11.0. The van der Waals surface area contributed by atoms with Crippen LogP contribution in [0.1, 0.15) is 25.0 Å². The van der Waals surface area contributed by atoms with E-state index in [1.165, 1.54) is 6.08 Å². The summed E-state index contributed by atoms with van der Waals surface area (Å²) in [6.07, 6.45) is 6.11.